The summed E-state index contributed by atoms with van der Waals surface area (Å²) in [4.78, 5) is 50.9. The molecule has 2 aromatic carbocycles. The van der Waals surface area contributed by atoms with Crippen molar-refractivity contribution >= 4 is 55.6 Å². The number of fused-ring (bicyclic) bond motifs is 1. The second kappa shape index (κ2) is 15.1. The Bertz CT molecular complexity index is 1430. The molecule has 2 aromatic rings. The van der Waals surface area contributed by atoms with E-state index in [9.17, 15) is 19.5 Å². The lowest BCUT2D eigenvalue weighted by Gasteiger charge is -2.42. The van der Waals surface area contributed by atoms with Crippen LogP contribution in [0.4, 0.5) is 15.3 Å². The Kier molecular flexibility index (Phi) is 10.9. The number of aromatic hydroxyl groups is 1. The molecule has 4 heterocycles. The lowest BCUT2D eigenvalue weighted by Crippen LogP contribution is -2.54. The molecule has 4 aliphatic heterocycles. The zero-order chi connectivity index (χ0) is 33.1. The van der Waals surface area contributed by atoms with Crippen molar-refractivity contribution in [3.63, 3.8) is 0 Å². The van der Waals surface area contributed by atoms with Gasteiger partial charge in [0.15, 0.2) is 6.10 Å². The number of piperidine rings is 2. The van der Waals surface area contributed by atoms with Crippen LogP contribution in [0.15, 0.2) is 45.3 Å². The van der Waals surface area contributed by atoms with E-state index >= 15 is 0 Å². The summed E-state index contributed by atoms with van der Waals surface area (Å²) in [5.41, 5.74) is 2.73. The minimum absolute atomic E-state index is 0.0130. The summed E-state index contributed by atoms with van der Waals surface area (Å²) in [5.74, 6) is -0.115. The van der Waals surface area contributed by atoms with Gasteiger partial charge in [-0.05, 0) is 100 Å². The largest absolute Gasteiger partial charge is 0.506 e. The van der Waals surface area contributed by atoms with Gasteiger partial charge in [0.2, 0.25) is 0 Å². The molecule has 47 heavy (non-hydrogen) atoms. The van der Waals surface area contributed by atoms with Gasteiger partial charge in [-0.3, -0.25) is 9.69 Å². The normalized spacial score (nSPS) is 21.2. The minimum Gasteiger partial charge on any atom is -0.506 e. The van der Waals surface area contributed by atoms with Gasteiger partial charge >= 0.3 is 12.1 Å². The van der Waals surface area contributed by atoms with Crippen molar-refractivity contribution in [2.75, 3.05) is 71.3 Å². The maximum atomic E-state index is 14.0. The number of ether oxygens (including phenoxy) is 1. The molecule has 0 unspecified atom stereocenters. The number of piperazine rings is 1. The molecule has 4 amide bonds. The fourth-order valence-corrected chi connectivity index (χ4v) is 8.55. The summed E-state index contributed by atoms with van der Waals surface area (Å²) in [6, 6.07) is 11.8. The Morgan fingerprint density at radius 1 is 0.894 bits per heavy atom. The molecule has 0 radical (unpaired) electrons. The quantitative estimate of drug-likeness (QED) is 0.436. The van der Waals surface area contributed by atoms with Crippen molar-refractivity contribution in [2.45, 2.75) is 56.7 Å². The number of likely N-dealkylation sites (tertiary alicyclic amines) is 2. The van der Waals surface area contributed by atoms with Gasteiger partial charge in [0.25, 0.3) is 5.91 Å². The summed E-state index contributed by atoms with van der Waals surface area (Å²) >= 11 is 6.77. The average Bonchev–Trinajstić information content (AvgIpc) is 3.25. The van der Waals surface area contributed by atoms with Crippen LogP contribution in [0.5, 0.6) is 5.75 Å². The number of nitrogens with one attached hydrogen (secondary N) is 1. The number of hydrogen-bond donors (Lipinski definition) is 2. The molecule has 6 rings (SSSR count). The molecule has 0 aliphatic carbocycles. The molecule has 3 saturated heterocycles. The number of para-hydroxylation sites is 1. The Morgan fingerprint density at radius 2 is 1.51 bits per heavy atom. The molecular weight excluding hydrogens is 732 g/mol. The Balaban J connectivity index is 1.08. The van der Waals surface area contributed by atoms with Crippen LogP contribution in [0.1, 0.15) is 36.8 Å². The predicted octanol–water partition coefficient (Wildman–Crippen LogP) is 4.76. The standard InChI is InChI=1S/C34H44Br2N6O5/c1-38-16-18-39(19-17-38)25-7-11-40(12-8-25)32(44)30(22-23-20-27(35)31(43)28(36)21-23)47-34(46)41-13-9-26(10-14-41)42-15-6-24-4-2-3-5-29(24)37-33(42)45/h2-5,20-21,25-26,30,43H,6-19,22H2,1H3,(H,37,45)/t30-/m1/s1. The lowest BCUT2D eigenvalue weighted by molar-refractivity contribution is -0.142. The van der Waals surface area contributed by atoms with E-state index in [4.69, 9.17) is 4.74 Å². The highest BCUT2D eigenvalue weighted by Gasteiger charge is 2.36. The maximum absolute atomic E-state index is 14.0. The van der Waals surface area contributed by atoms with Crippen LogP contribution in [0.2, 0.25) is 0 Å². The first-order chi connectivity index (χ1) is 22.7. The molecule has 4 aliphatic rings. The number of phenolic OH excluding ortho intramolecular Hbond substituents is 1. The number of halogens is 2. The number of urea groups is 1. The van der Waals surface area contributed by atoms with Crippen molar-refractivity contribution in [2.24, 2.45) is 0 Å². The molecule has 0 saturated carbocycles. The summed E-state index contributed by atoms with van der Waals surface area (Å²) in [7, 11) is 2.15. The summed E-state index contributed by atoms with van der Waals surface area (Å²) in [5, 5.41) is 13.3. The van der Waals surface area contributed by atoms with E-state index in [1.807, 2.05) is 34.1 Å². The molecule has 3 fully saturated rings. The van der Waals surface area contributed by atoms with Crippen LogP contribution in [0, 0.1) is 0 Å². The van der Waals surface area contributed by atoms with E-state index in [0.29, 0.717) is 60.6 Å². The summed E-state index contributed by atoms with van der Waals surface area (Å²) in [6.45, 7) is 6.97. The average molecular weight is 777 g/mol. The van der Waals surface area contributed by atoms with E-state index in [1.165, 1.54) is 0 Å². The SMILES string of the molecule is CN1CCN(C2CCN(C(=O)[C@@H](Cc3cc(Br)c(O)c(Br)c3)OC(=O)N3CCC(N4CCc5ccccc5NC4=O)CC3)CC2)CC1. The highest BCUT2D eigenvalue weighted by Crippen LogP contribution is 2.34. The van der Waals surface area contributed by atoms with Gasteiger partial charge in [0.05, 0.1) is 8.95 Å². The second-order valence-electron chi connectivity index (χ2n) is 13.1. The van der Waals surface area contributed by atoms with E-state index in [1.54, 1.807) is 17.0 Å². The molecule has 254 valence electrons. The molecule has 0 bridgehead atoms. The van der Waals surface area contributed by atoms with Crippen LogP contribution >= 0.6 is 31.9 Å². The summed E-state index contributed by atoms with van der Waals surface area (Å²) in [6.07, 6.45) is 2.51. The first-order valence-corrected chi connectivity index (χ1v) is 18.2. The van der Waals surface area contributed by atoms with E-state index in [2.05, 4.69) is 54.0 Å². The highest BCUT2D eigenvalue weighted by molar-refractivity contribution is 9.11. The number of benzene rings is 2. The number of carbonyl (C=O) groups is 3. The molecule has 1 atom stereocenters. The molecule has 13 heteroatoms. The zero-order valence-corrected chi connectivity index (χ0v) is 30.0. The van der Waals surface area contributed by atoms with Crippen molar-refractivity contribution in [1.29, 1.82) is 0 Å². The van der Waals surface area contributed by atoms with Crippen LogP contribution in [0.3, 0.4) is 0 Å². The number of hydrogen-bond acceptors (Lipinski definition) is 7. The second-order valence-corrected chi connectivity index (χ2v) is 14.8. The maximum Gasteiger partial charge on any atom is 0.410 e. The Labute approximate surface area is 293 Å². The monoisotopic (exact) mass is 774 g/mol. The van der Waals surface area contributed by atoms with Crippen LogP contribution < -0.4 is 5.32 Å². The number of nitrogens with zero attached hydrogens (tertiary/aromatic N) is 5. The number of anilines is 1. The van der Waals surface area contributed by atoms with E-state index in [0.717, 1.165) is 62.3 Å². The van der Waals surface area contributed by atoms with Crippen LogP contribution in [-0.4, -0.2) is 132 Å². The third-order valence-corrected chi connectivity index (χ3v) is 11.4. The van der Waals surface area contributed by atoms with Crippen LogP contribution in [0.25, 0.3) is 0 Å². The minimum atomic E-state index is -1.00. The van der Waals surface area contributed by atoms with Crippen molar-refractivity contribution in [3.05, 3.63) is 56.5 Å². The fraction of sp³-hybridized carbons (Fsp3) is 0.559. The molecule has 0 spiro atoms. The van der Waals surface area contributed by atoms with E-state index in [-0.39, 0.29) is 30.2 Å². The molecule has 11 nitrogen and oxygen atoms in total. The lowest BCUT2D eigenvalue weighted by atomic mass is 10.0. The van der Waals surface area contributed by atoms with Gasteiger partial charge in [0.1, 0.15) is 5.75 Å². The highest BCUT2D eigenvalue weighted by atomic mass is 79.9. The predicted molar refractivity (Wildman–Crippen MR) is 187 cm³/mol. The van der Waals surface area contributed by atoms with Gasteiger partial charge in [-0.15, -0.1) is 0 Å². The molecule has 2 N–H and O–H groups in total. The van der Waals surface area contributed by atoms with Crippen molar-refractivity contribution in [3.8, 4) is 5.75 Å². The Hall–Kier alpha value is -2.87. The fourth-order valence-electron chi connectivity index (χ4n) is 7.27. The van der Waals surface area contributed by atoms with Gasteiger partial charge in [-0.25, -0.2) is 9.59 Å². The van der Waals surface area contributed by atoms with Gasteiger partial charge < -0.3 is 34.8 Å². The third kappa shape index (κ3) is 8.06. The zero-order valence-electron chi connectivity index (χ0n) is 26.9. The first-order valence-electron chi connectivity index (χ1n) is 16.7. The third-order valence-electron chi connectivity index (χ3n) is 10.2. The van der Waals surface area contributed by atoms with Crippen molar-refractivity contribution < 1.29 is 24.2 Å². The number of carbonyl (C=O) groups excluding carboxylic acids is 3. The van der Waals surface area contributed by atoms with Gasteiger partial charge in [0, 0.05) is 83.1 Å². The number of rotatable bonds is 6. The number of amides is 4. The number of phenols is 1. The van der Waals surface area contributed by atoms with Crippen LogP contribution in [-0.2, 0) is 22.4 Å². The van der Waals surface area contributed by atoms with E-state index < -0.39 is 12.2 Å². The topological polar surface area (TPSA) is 109 Å². The smallest absolute Gasteiger partial charge is 0.410 e. The first kappa shape index (κ1) is 34.0. The Morgan fingerprint density at radius 3 is 2.19 bits per heavy atom. The van der Waals surface area contributed by atoms with Crippen molar-refractivity contribution in [1.82, 2.24) is 24.5 Å². The molecular formula is C34H44Br2N6O5. The summed E-state index contributed by atoms with van der Waals surface area (Å²) < 4.78 is 7.02. The van der Waals surface area contributed by atoms with Gasteiger partial charge in [-0.1, -0.05) is 18.2 Å². The molecule has 0 aromatic heterocycles. The number of likely N-dealkylation sites (N-methyl/N-ethyl adjacent to an activating group) is 1. The van der Waals surface area contributed by atoms with Gasteiger partial charge in [-0.2, -0.15) is 0 Å².